The van der Waals surface area contributed by atoms with E-state index in [-0.39, 0.29) is 18.9 Å². The van der Waals surface area contributed by atoms with Crippen LogP contribution in [-0.4, -0.2) is 12.7 Å². The maximum Gasteiger partial charge on any atom is 0.262 e. The van der Waals surface area contributed by atoms with Gasteiger partial charge in [0.05, 0.1) is 12.8 Å². The number of amides is 1. The van der Waals surface area contributed by atoms with Crippen LogP contribution >= 0.6 is 0 Å². The monoisotopic (exact) mass is 310 g/mol. The summed E-state index contributed by atoms with van der Waals surface area (Å²) >= 11 is 0. The van der Waals surface area contributed by atoms with E-state index in [4.69, 9.17) is 13.9 Å². The molecule has 1 aliphatic heterocycles. The second-order valence-corrected chi connectivity index (χ2v) is 4.99. The van der Waals surface area contributed by atoms with Crippen LogP contribution in [0.4, 0.5) is 0 Å². The first-order valence-electron chi connectivity index (χ1n) is 7.00. The summed E-state index contributed by atoms with van der Waals surface area (Å²) in [6.45, 7) is 2.28. The first-order chi connectivity index (χ1) is 11.2. The highest BCUT2D eigenvalue weighted by molar-refractivity contribution is 6.01. The van der Waals surface area contributed by atoms with Gasteiger partial charge in [-0.15, -0.1) is 0 Å². The zero-order chi connectivity index (χ0) is 16.2. The molecule has 23 heavy (non-hydrogen) atoms. The number of nitrogens with one attached hydrogen (secondary N) is 1. The number of carbonyl (C=O) groups excluding carboxylic acids is 1. The van der Waals surface area contributed by atoms with Gasteiger partial charge in [-0.3, -0.25) is 4.79 Å². The highest BCUT2D eigenvalue weighted by Gasteiger charge is 2.16. The number of aryl methyl sites for hydroxylation is 1. The molecule has 1 aromatic carbocycles. The molecule has 0 fully saturated rings. The van der Waals surface area contributed by atoms with Gasteiger partial charge in [-0.05, 0) is 48.4 Å². The first-order valence-corrected chi connectivity index (χ1v) is 7.00. The number of nitrogens with zero attached hydrogens (tertiary/aromatic N) is 1. The Kier molecular flexibility index (Phi) is 4.02. The Morgan fingerprint density at radius 2 is 2.17 bits per heavy atom. The molecule has 1 N–H and O–H groups in total. The fourth-order valence-corrected chi connectivity index (χ4v) is 2.19. The number of rotatable bonds is 4. The van der Waals surface area contributed by atoms with E-state index >= 15 is 0 Å². The van der Waals surface area contributed by atoms with Gasteiger partial charge >= 0.3 is 0 Å². The highest BCUT2D eigenvalue weighted by atomic mass is 16.7. The summed E-state index contributed by atoms with van der Waals surface area (Å²) in [6.07, 6.45) is 3.06. The zero-order valence-electron chi connectivity index (χ0n) is 12.5. The summed E-state index contributed by atoms with van der Waals surface area (Å²) in [5, 5.41) is 11.9. The molecule has 0 radical (unpaired) electrons. The van der Waals surface area contributed by atoms with Gasteiger partial charge in [-0.25, -0.2) is 0 Å². The van der Waals surface area contributed by atoms with Crippen molar-refractivity contribution in [2.45, 2.75) is 13.5 Å². The van der Waals surface area contributed by atoms with E-state index < -0.39 is 5.91 Å². The molecule has 1 amide bonds. The minimum atomic E-state index is -0.457. The smallest absolute Gasteiger partial charge is 0.262 e. The fraction of sp³-hybridized carbons (Fsp3) is 0.176. The largest absolute Gasteiger partial charge is 0.467 e. The zero-order valence-corrected chi connectivity index (χ0v) is 12.5. The summed E-state index contributed by atoms with van der Waals surface area (Å²) in [4.78, 5) is 12.1. The minimum absolute atomic E-state index is 0.0125. The molecule has 6 nitrogen and oxygen atoms in total. The number of hydrogen-bond donors (Lipinski definition) is 1. The Labute approximate surface area is 132 Å². The molecule has 0 spiro atoms. The van der Waals surface area contributed by atoms with Crippen LogP contribution < -0.4 is 14.8 Å². The van der Waals surface area contributed by atoms with Crippen molar-refractivity contribution in [3.63, 3.8) is 0 Å². The van der Waals surface area contributed by atoms with E-state index in [9.17, 15) is 10.1 Å². The molecule has 1 aromatic heterocycles. The lowest BCUT2D eigenvalue weighted by atomic mass is 10.0. The van der Waals surface area contributed by atoms with Gasteiger partial charge < -0.3 is 19.2 Å². The molecule has 0 saturated heterocycles. The molecule has 3 rings (SSSR count). The van der Waals surface area contributed by atoms with E-state index in [2.05, 4.69) is 5.32 Å². The molecule has 0 saturated carbocycles. The Hall–Kier alpha value is -3.20. The van der Waals surface area contributed by atoms with Gasteiger partial charge in [0.2, 0.25) is 6.79 Å². The van der Waals surface area contributed by atoms with Gasteiger partial charge in [0, 0.05) is 0 Å². The summed E-state index contributed by atoms with van der Waals surface area (Å²) in [5.41, 5.74) is 1.64. The Bertz CT molecular complexity index is 801. The van der Waals surface area contributed by atoms with Crippen LogP contribution in [0.3, 0.4) is 0 Å². The number of hydrogen-bond acceptors (Lipinski definition) is 5. The van der Waals surface area contributed by atoms with Crippen molar-refractivity contribution in [3.05, 3.63) is 53.0 Å². The predicted molar refractivity (Wildman–Crippen MR) is 81.4 cm³/mol. The average Bonchev–Trinajstić information content (AvgIpc) is 3.21. The van der Waals surface area contributed by atoms with Crippen molar-refractivity contribution in [2.75, 3.05) is 6.79 Å². The van der Waals surface area contributed by atoms with Crippen molar-refractivity contribution >= 4 is 12.0 Å². The van der Waals surface area contributed by atoms with Gasteiger partial charge in [-0.2, -0.15) is 5.26 Å². The third-order valence-electron chi connectivity index (χ3n) is 3.43. The Morgan fingerprint density at radius 1 is 1.39 bits per heavy atom. The minimum Gasteiger partial charge on any atom is -0.467 e. The van der Waals surface area contributed by atoms with Crippen LogP contribution in [0.5, 0.6) is 11.5 Å². The van der Waals surface area contributed by atoms with Gasteiger partial charge in [0.25, 0.3) is 5.91 Å². The van der Waals surface area contributed by atoms with Crippen LogP contribution in [-0.2, 0) is 11.3 Å². The first kappa shape index (κ1) is 14.7. The summed E-state index contributed by atoms with van der Waals surface area (Å²) in [6, 6.07) is 8.99. The molecule has 6 heteroatoms. The Morgan fingerprint density at radius 3 is 2.87 bits per heavy atom. The van der Waals surface area contributed by atoms with Gasteiger partial charge in [-0.1, -0.05) is 0 Å². The molecule has 1 aliphatic rings. The molecular weight excluding hydrogens is 296 g/mol. The van der Waals surface area contributed by atoms with Crippen LogP contribution in [0, 0.1) is 18.3 Å². The Balaban J connectivity index is 1.79. The molecule has 0 atom stereocenters. The molecule has 0 aliphatic carbocycles. The highest BCUT2D eigenvalue weighted by Crippen LogP contribution is 2.35. The van der Waals surface area contributed by atoms with E-state index in [1.165, 1.54) is 12.3 Å². The van der Waals surface area contributed by atoms with Crippen molar-refractivity contribution in [1.29, 1.82) is 5.26 Å². The molecule has 0 bridgehead atoms. The van der Waals surface area contributed by atoms with Crippen molar-refractivity contribution in [2.24, 2.45) is 0 Å². The van der Waals surface area contributed by atoms with E-state index in [1.807, 2.05) is 19.1 Å². The van der Waals surface area contributed by atoms with Crippen LogP contribution in [0.1, 0.15) is 16.9 Å². The van der Waals surface area contributed by atoms with E-state index in [1.54, 1.807) is 18.2 Å². The lowest BCUT2D eigenvalue weighted by molar-refractivity contribution is -0.117. The summed E-state index contributed by atoms with van der Waals surface area (Å²) in [5.74, 6) is 1.44. The van der Waals surface area contributed by atoms with Crippen LogP contribution in [0.15, 0.2) is 40.5 Å². The third kappa shape index (κ3) is 3.19. The van der Waals surface area contributed by atoms with Gasteiger partial charge in [0.15, 0.2) is 11.5 Å². The topological polar surface area (TPSA) is 84.5 Å². The number of benzene rings is 1. The molecule has 2 aromatic rings. The third-order valence-corrected chi connectivity index (χ3v) is 3.43. The summed E-state index contributed by atoms with van der Waals surface area (Å²) < 4.78 is 15.8. The number of carbonyl (C=O) groups is 1. The fourth-order valence-electron chi connectivity index (χ4n) is 2.19. The van der Waals surface area contributed by atoms with E-state index in [0.717, 1.165) is 11.1 Å². The standard InChI is InChI=1S/C17H14N2O4/c1-11-5-15-16(23-10-22-15)7-12(11)6-13(8-18)17(20)19-9-14-3-2-4-21-14/h2-7H,9-10H2,1H3,(H,19,20)/b13-6+. The quantitative estimate of drug-likeness (QED) is 0.693. The predicted octanol–water partition coefficient (Wildman–Crippen LogP) is 2.54. The number of furan rings is 1. The second kappa shape index (κ2) is 6.28. The molecule has 0 unspecified atom stereocenters. The number of ether oxygens (including phenoxy) is 2. The van der Waals surface area contributed by atoms with Crippen molar-refractivity contribution in [3.8, 4) is 17.6 Å². The normalized spacial score (nSPS) is 12.8. The maximum absolute atomic E-state index is 12.1. The van der Waals surface area contributed by atoms with Gasteiger partial charge in [0.1, 0.15) is 17.4 Å². The SMILES string of the molecule is Cc1cc2c(cc1/C=C(\C#N)C(=O)NCc1ccco1)OCO2. The van der Waals surface area contributed by atoms with Crippen LogP contribution in [0.2, 0.25) is 0 Å². The lowest BCUT2D eigenvalue weighted by Gasteiger charge is -2.05. The molecular formula is C17H14N2O4. The summed E-state index contributed by atoms with van der Waals surface area (Å²) in [7, 11) is 0. The van der Waals surface area contributed by atoms with E-state index in [0.29, 0.717) is 17.3 Å². The molecule has 116 valence electrons. The van der Waals surface area contributed by atoms with Crippen molar-refractivity contribution < 1.29 is 18.7 Å². The number of fused-ring (bicyclic) bond motifs is 1. The van der Waals surface area contributed by atoms with Crippen LogP contribution in [0.25, 0.3) is 6.08 Å². The average molecular weight is 310 g/mol. The second-order valence-electron chi connectivity index (χ2n) is 4.99. The van der Waals surface area contributed by atoms with Crippen molar-refractivity contribution in [1.82, 2.24) is 5.32 Å². The molecule has 2 heterocycles. The lowest BCUT2D eigenvalue weighted by Crippen LogP contribution is -2.23. The maximum atomic E-state index is 12.1. The number of nitriles is 1.